The van der Waals surface area contributed by atoms with Gasteiger partial charge in [-0.05, 0) is 19.1 Å². The molecule has 0 atom stereocenters. The molecule has 0 unspecified atom stereocenters. The monoisotopic (exact) mass is 320 g/mol. The zero-order chi connectivity index (χ0) is 16.7. The molecule has 2 aromatic carbocycles. The number of nitrogens with zero attached hydrogens (tertiary/aromatic N) is 3. The van der Waals surface area contributed by atoms with E-state index in [0.29, 0.717) is 22.4 Å². The van der Waals surface area contributed by atoms with Crippen LogP contribution in [0, 0.1) is 12.7 Å². The summed E-state index contributed by atoms with van der Waals surface area (Å²) in [5.41, 5.74) is 1.83. The summed E-state index contributed by atoms with van der Waals surface area (Å²) in [7, 11) is 0. The van der Waals surface area contributed by atoms with Gasteiger partial charge in [-0.1, -0.05) is 36.4 Å². The van der Waals surface area contributed by atoms with Crippen molar-refractivity contribution in [2.24, 2.45) is 5.10 Å². The van der Waals surface area contributed by atoms with Crippen LogP contribution in [0.1, 0.15) is 11.4 Å². The van der Waals surface area contributed by atoms with Gasteiger partial charge in [0.15, 0.2) is 0 Å². The molecule has 0 aliphatic heterocycles. The summed E-state index contributed by atoms with van der Waals surface area (Å²) in [5.74, 6) is 0.0384. The van der Waals surface area contributed by atoms with Gasteiger partial charge in [-0.3, -0.25) is 4.79 Å². The van der Waals surface area contributed by atoms with E-state index in [1.54, 1.807) is 25.1 Å². The molecule has 0 aliphatic carbocycles. The third-order valence-electron chi connectivity index (χ3n) is 3.88. The molecule has 0 spiro atoms. The molecule has 0 saturated heterocycles. The number of hydrogen-bond donors (Lipinski definition) is 1. The van der Waals surface area contributed by atoms with Crippen LogP contribution in [0.3, 0.4) is 0 Å². The van der Waals surface area contributed by atoms with Crippen LogP contribution in [0.4, 0.5) is 4.39 Å². The van der Waals surface area contributed by atoms with Crippen molar-refractivity contribution in [3.05, 3.63) is 76.1 Å². The maximum absolute atomic E-state index is 13.7. The smallest absolute Gasteiger partial charge is 0.298 e. The van der Waals surface area contributed by atoms with E-state index in [1.807, 2.05) is 24.3 Å². The quantitative estimate of drug-likeness (QED) is 0.576. The Morgan fingerprint density at radius 1 is 1.17 bits per heavy atom. The zero-order valence-electron chi connectivity index (χ0n) is 12.8. The minimum atomic E-state index is -0.397. The number of halogens is 1. The summed E-state index contributed by atoms with van der Waals surface area (Å²) in [6.07, 6.45) is 1.32. The fraction of sp³-hybridized carbons (Fsp3) is 0.0556. The van der Waals surface area contributed by atoms with Crippen LogP contribution < -0.4 is 5.56 Å². The van der Waals surface area contributed by atoms with Gasteiger partial charge in [0.25, 0.3) is 5.56 Å². The Hall–Kier alpha value is -3.28. The maximum atomic E-state index is 13.7. The van der Waals surface area contributed by atoms with E-state index in [-0.39, 0.29) is 5.56 Å². The van der Waals surface area contributed by atoms with E-state index in [1.165, 1.54) is 17.0 Å². The van der Waals surface area contributed by atoms with Crippen molar-refractivity contribution in [2.75, 3.05) is 0 Å². The fourth-order valence-electron chi connectivity index (χ4n) is 2.70. The number of H-pyrrole nitrogens is 1. The zero-order valence-corrected chi connectivity index (χ0v) is 12.8. The lowest BCUT2D eigenvalue weighted by Crippen LogP contribution is -2.20. The molecule has 24 heavy (non-hydrogen) atoms. The average Bonchev–Trinajstić information content (AvgIpc) is 2.95. The Kier molecular flexibility index (Phi) is 3.23. The van der Waals surface area contributed by atoms with Crippen LogP contribution in [0.5, 0.6) is 0 Å². The number of aromatic nitrogens is 3. The van der Waals surface area contributed by atoms with Crippen LogP contribution in [-0.4, -0.2) is 20.9 Å². The Labute approximate surface area is 136 Å². The first-order chi connectivity index (χ1) is 11.6. The van der Waals surface area contributed by atoms with E-state index in [4.69, 9.17) is 0 Å². The number of aromatic amines is 1. The fourth-order valence-corrected chi connectivity index (χ4v) is 2.70. The minimum absolute atomic E-state index is 0.306. The van der Waals surface area contributed by atoms with E-state index in [9.17, 15) is 9.18 Å². The lowest BCUT2D eigenvalue weighted by atomic mass is 10.2. The number of benzene rings is 2. The standard InChI is InChI=1S/C18H13FN4O/c1-11-21-16-13-7-3-5-9-15(13)22-17(16)18(24)23(11)20-10-12-6-2-4-8-14(12)19/h2-10,22H,1H3/b20-10+. The SMILES string of the molecule is Cc1nc2c([nH]c3ccccc32)c(=O)n1/N=C/c1ccccc1F. The number of hydrogen-bond acceptors (Lipinski definition) is 3. The first-order valence-electron chi connectivity index (χ1n) is 7.44. The van der Waals surface area contributed by atoms with Crippen molar-refractivity contribution in [1.82, 2.24) is 14.6 Å². The summed E-state index contributed by atoms with van der Waals surface area (Å²) in [6, 6.07) is 13.8. The van der Waals surface area contributed by atoms with Gasteiger partial charge in [0.1, 0.15) is 22.7 Å². The van der Waals surface area contributed by atoms with Gasteiger partial charge in [-0.2, -0.15) is 9.78 Å². The van der Waals surface area contributed by atoms with Gasteiger partial charge >= 0.3 is 0 Å². The van der Waals surface area contributed by atoms with Crippen molar-refractivity contribution >= 4 is 28.2 Å². The van der Waals surface area contributed by atoms with E-state index >= 15 is 0 Å². The van der Waals surface area contributed by atoms with Crippen LogP contribution >= 0.6 is 0 Å². The van der Waals surface area contributed by atoms with Gasteiger partial charge < -0.3 is 4.98 Å². The average molecular weight is 320 g/mol. The number of para-hydroxylation sites is 1. The van der Waals surface area contributed by atoms with Crippen molar-refractivity contribution in [2.45, 2.75) is 6.92 Å². The van der Waals surface area contributed by atoms with Crippen molar-refractivity contribution in [3.63, 3.8) is 0 Å². The largest absolute Gasteiger partial charge is 0.349 e. The van der Waals surface area contributed by atoms with E-state index < -0.39 is 5.82 Å². The highest BCUT2D eigenvalue weighted by molar-refractivity contribution is 6.04. The van der Waals surface area contributed by atoms with Gasteiger partial charge in [-0.25, -0.2) is 9.37 Å². The normalized spacial score (nSPS) is 11.8. The topological polar surface area (TPSA) is 63.0 Å². The second-order valence-electron chi connectivity index (χ2n) is 5.44. The molecule has 118 valence electrons. The summed E-state index contributed by atoms with van der Waals surface area (Å²) >= 11 is 0. The molecule has 2 heterocycles. The van der Waals surface area contributed by atoms with E-state index in [0.717, 1.165) is 10.9 Å². The summed E-state index contributed by atoms with van der Waals surface area (Å²) < 4.78 is 14.9. The molecule has 0 amide bonds. The van der Waals surface area contributed by atoms with Crippen molar-refractivity contribution in [3.8, 4) is 0 Å². The molecular formula is C18H13FN4O. The molecule has 4 aromatic rings. The Morgan fingerprint density at radius 2 is 1.92 bits per heavy atom. The Balaban J connectivity index is 1.92. The maximum Gasteiger partial charge on any atom is 0.298 e. The molecule has 0 fully saturated rings. The van der Waals surface area contributed by atoms with Crippen LogP contribution in [-0.2, 0) is 0 Å². The lowest BCUT2D eigenvalue weighted by Gasteiger charge is -2.03. The van der Waals surface area contributed by atoms with Gasteiger partial charge in [0.05, 0.1) is 6.21 Å². The summed E-state index contributed by atoms with van der Waals surface area (Å²) in [5, 5.41) is 5.00. The van der Waals surface area contributed by atoms with Crippen molar-refractivity contribution in [1.29, 1.82) is 0 Å². The van der Waals surface area contributed by atoms with Crippen molar-refractivity contribution < 1.29 is 4.39 Å². The Bertz CT molecular complexity index is 1160. The molecule has 6 heteroatoms. The Morgan fingerprint density at radius 3 is 2.75 bits per heavy atom. The first-order valence-corrected chi connectivity index (χ1v) is 7.44. The third kappa shape index (κ3) is 2.20. The number of aryl methyl sites for hydroxylation is 1. The summed E-state index contributed by atoms with van der Waals surface area (Å²) in [4.78, 5) is 20.3. The molecule has 2 aromatic heterocycles. The van der Waals surface area contributed by atoms with Crippen LogP contribution in [0.15, 0.2) is 58.4 Å². The minimum Gasteiger partial charge on any atom is -0.349 e. The van der Waals surface area contributed by atoms with Gasteiger partial charge in [0.2, 0.25) is 0 Å². The third-order valence-corrected chi connectivity index (χ3v) is 3.88. The second kappa shape index (κ2) is 5.42. The van der Waals surface area contributed by atoms with E-state index in [2.05, 4.69) is 15.1 Å². The summed E-state index contributed by atoms with van der Waals surface area (Å²) in [6.45, 7) is 1.70. The van der Waals surface area contributed by atoms with Gasteiger partial charge in [0, 0.05) is 16.5 Å². The number of nitrogens with one attached hydrogen (secondary N) is 1. The van der Waals surface area contributed by atoms with Crippen LogP contribution in [0.2, 0.25) is 0 Å². The molecular weight excluding hydrogens is 307 g/mol. The highest BCUT2D eigenvalue weighted by Gasteiger charge is 2.12. The predicted octanol–water partition coefficient (Wildman–Crippen LogP) is 3.21. The number of rotatable bonds is 2. The molecule has 0 saturated carbocycles. The second-order valence-corrected chi connectivity index (χ2v) is 5.44. The molecule has 1 N–H and O–H groups in total. The van der Waals surface area contributed by atoms with Crippen LogP contribution in [0.25, 0.3) is 21.9 Å². The number of fused-ring (bicyclic) bond motifs is 3. The molecule has 0 aliphatic rings. The molecule has 4 rings (SSSR count). The highest BCUT2D eigenvalue weighted by atomic mass is 19.1. The predicted molar refractivity (Wildman–Crippen MR) is 92.0 cm³/mol. The highest BCUT2D eigenvalue weighted by Crippen LogP contribution is 2.21. The first kappa shape index (κ1) is 14.3. The molecule has 5 nitrogen and oxygen atoms in total. The molecule has 0 bridgehead atoms. The lowest BCUT2D eigenvalue weighted by molar-refractivity contribution is 0.625. The molecule has 0 radical (unpaired) electrons. The van der Waals surface area contributed by atoms with Gasteiger partial charge in [-0.15, -0.1) is 0 Å².